The molecule has 0 aliphatic heterocycles. The van der Waals surface area contributed by atoms with Crippen molar-refractivity contribution in [2.24, 2.45) is 0 Å². The van der Waals surface area contributed by atoms with E-state index >= 15 is 0 Å². The first-order valence-corrected chi connectivity index (χ1v) is 9.06. The van der Waals surface area contributed by atoms with Gasteiger partial charge >= 0.3 is 0 Å². The van der Waals surface area contributed by atoms with Gasteiger partial charge in [0.2, 0.25) is 0 Å². The first-order valence-electron chi connectivity index (χ1n) is 6.76. The van der Waals surface area contributed by atoms with Crippen LogP contribution in [0.15, 0.2) is 0 Å². The Hall–Kier alpha value is 0.532. The number of rotatable bonds is 9. The van der Waals surface area contributed by atoms with E-state index in [9.17, 15) is 0 Å². The molecule has 0 radical (unpaired) electrons. The molecule has 0 N–H and O–H groups in total. The van der Waals surface area contributed by atoms with Crippen molar-refractivity contribution < 1.29 is 0 Å². The molecule has 84 valence electrons. The van der Waals surface area contributed by atoms with Crippen molar-refractivity contribution >= 4 is 14.1 Å². The van der Waals surface area contributed by atoms with Gasteiger partial charge < -0.3 is 0 Å². The minimum Gasteiger partial charge on any atom is -0.0966 e. The molecule has 14 heavy (non-hydrogen) atoms. The van der Waals surface area contributed by atoms with Gasteiger partial charge in [-0.3, -0.25) is 0 Å². The zero-order valence-corrected chi connectivity index (χ0v) is 12.0. The molecule has 0 fully saturated rings. The van der Waals surface area contributed by atoms with Gasteiger partial charge in [0.15, 0.2) is 0 Å². The molecule has 0 heterocycles. The summed E-state index contributed by atoms with van der Waals surface area (Å²) in [5, 5.41) is 3.01. The molecule has 0 nitrogen and oxygen atoms in total. The van der Waals surface area contributed by atoms with Crippen LogP contribution in [0, 0.1) is 0 Å². The Labute approximate surface area is 95.9 Å². The summed E-state index contributed by atoms with van der Waals surface area (Å²) < 4.78 is 1.09. The molecule has 0 bridgehead atoms. The fraction of sp³-hybridized carbons (Fsp3) is 1.00. The summed E-state index contributed by atoms with van der Waals surface area (Å²) in [7, 11) is 0. The van der Waals surface area contributed by atoms with Crippen molar-refractivity contribution in [3.8, 4) is 0 Å². The largest absolute Gasteiger partial charge is 0.264 e. The Morgan fingerprint density at radius 3 is 1.93 bits per heavy atom. The maximum Gasteiger partial charge on any atom is 0.264 e. The summed E-state index contributed by atoms with van der Waals surface area (Å²) in [6.07, 6.45) is 8.76. The van der Waals surface area contributed by atoms with Crippen molar-refractivity contribution in [3.63, 3.8) is 0 Å². The zero-order chi connectivity index (χ0) is 10.8. The van der Waals surface area contributed by atoms with Crippen LogP contribution >= 0.6 is 0 Å². The molecule has 0 aromatic rings. The predicted molar refractivity (Wildman–Crippen MR) is 69.5 cm³/mol. The topological polar surface area (TPSA) is 0 Å². The van der Waals surface area contributed by atoms with Crippen LogP contribution in [0.2, 0.25) is 15.3 Å². The molecule has 0 saturated heterocycles. The van der Waals surface area contributed by atoms with Gasteiger partial charge in [0.1, 0.15) is 0 Å². The zero-order valence-electron chi connectivity index (χ0n) is 10.8. The van der Waals surface area contributed by atoms with E-state index in [1.165, 1.54) is 49.1 Å². The summed E-state index contributed by atoms with van der Waals surface area (Å²) in [6.45, 7) is 9.59. The van der Waals surface area contributed by atoms with Gasteiger partial charge in [-0.1, -0.05) is 81.6 Å². The molecule has 0 aromatic heterocycles. The van der Waals surface area contributed by atoms with Crippen molar-refractivity contribution in [2.75, 3.05) is 0 Å². The van der Waals surface area contributed by atoms with E-state index in [-0.39, 0.29) is 14.1 Å². The second-order valence-corrected chi connectivity index (χ2v) is 9.05. The highest BCUT2D eigenvalue weighted by atomic mass is 27.2. The maximum absolute atomic E-state index is 2.50. The maximum atomic E-state index is 2.50. The molecular formula is C13H29Al. The van der Waals surface area contributed by atoms with Crippen molar-refractivity contribution in [2.45, 2.75) is 81.6 Å². The fourth-order valence-corrected chi connectivity index (χ4v) is 5.29. The standard InChI is InChI=1S/C9H19.2C2H5.Al/c1-3-5-7-9-8-6-4-2;2*1-2;/h3H,4-9H2,1-2H3;2*1H2,2H3;. The molecule has 0 rings (SSSR count). The number of hydrogen-bond acceptors (Lipinski definition) is 0. The Kier molecular flexibility index (Phi) is 10.4. The average molecular weight is 212 g/mol. The van der Waals surface area contributed by atoms with Gasteiger partial charge in [-0.05, 0) is 0 Å². The quantitative estimate of drug-likeness (QED) is 0.361. The minimum absolute atomic E-state index is 0.345. The second kappa shape index (κ2) is 10.1. The molecule has 0 spiro atoms. The lowest BCUT2D eigenvalue weighted by molar-refractivity contribution is 0.597. The lowest BCUT2D eigenvalue weighted by Crippen LogP contribution is -2.15. The first-order chi connectivity index (χ1) is 6.76. The molecule has 1 atom stereocenters. The van der Waals surface area contributed by atoms with E-state index in [4.69, 9.17) is 0 Å². The van der Waals surface area contributed by atoms with Crippen LogP contribution in [-0.2, 0) is 0 Å². The molecular weight excluding hydrogens is 183 g/mol. The average Bonchev–Trinajstić information content (AvgIpc) is 2.19. The molecule has 0 saturated carbocycles. The highest BCUT2D eigenvalue weighted by Crippen LogP contribution is 2.23. The monoisotopic (exact) mass is 212 g/mol. The van der Waals surface area contributed by atoms with Crippen LogP contribution in [-0.4, -0.2) is 14.1 Å². The van der Waals surface area contributed by atoms with Crippen LogP contribution in [0.25, 0.3) is 0 Å². The summed E-state index contributed by atoms with van der Waals surface area (Å²) >= 11 is -0.345. The van der Waals surface area contributed by atoms with E-state index in [0.29, 0.717) is 0 Å². The van der Waals surface area contributed by atoms with Crippen LogP contribution < -0.4 is 0 Å². The van der Waals surface area contributed by atoms with Gasteiger partial charge in [-0.2, -0.15) is 0 Å². The van der Waals surface area contributed by atoms with Crippen LogP contribution in [0.1, 0.15) is 66.2 Å². The normalized spacial score (nSPS) is 12.9. The highest BCUT2D eigenvalue weighted by molar-refractivity contribution is 6.60. The third kappa shape index (κ3) is 6.91. The molecule has 1 unspecified atom stereocenters. The molecule has 1 heteroatoms. The van der Waals surface area contributed by atoms with E-state index in [2.05, 4.69) is 27.7 Å². The SMILES string of the molecule is CCCCCCC[CH](C)[Al]([CH2]C)[CH2]C. The van der Waals surface area contributed by atoms with Gasteiger partial charge in [0, 0.05) is 0 Å². The van der Waals surface area contributed by atoms with Gasteiger partial charge in [-0.25, -0.2) is 0 Å². The molecule has 0 amide bonds. The Balaban J connectivity index is 3.37. The summed E-state index contributed by atoms with van der Waals surface area (Å²) in [5.41, 5.74) is 0. The lowest BCUT2D eigenvalue weighted by atomic mass is 10.1. The van der Waals surface area contributed by atoms with Crippen LogP contribution in [0.5, 0.6) is 0 Å². The van der Waals surface area contributed by atoms with Gasteiger partial charge in [-0.15, -0.1) is 0 Å². The van der Waals surface area contributed by atoms with E-state index < -0.39 is 0 Å². The van der Waals surface area contributed by atoms with Gasteiger partial charge in [0.05, 0.1) is 0 Å². The third-order valence-corrected chi connectivity index (χ3v) is 7.66. The minimum atomic E-state index is -0.345. The summed E-state index contributed by atoms with van der Waals surface area (Å²) in [6, 6.07) is 0. The van der Waals surface area contributed by atoms with Gasteiger partial charge in [0.25, 0.3) is 14.1 Å². The second-order valence-electron chi connectivity index (χ2n) is 4.76. The van der Waals surface area contributed by atoms with E-state index in [1.54, 1.807) is 0 Å². The van der Waals surface area contributed by atoms with Crippen molar-refractivity contribution in [1.29, 1.82) is 0 Å². The van der Waals surface area contributed by atoms with Crippen LogP contribution in [0.4, 0.5) is 0 Å². The number of unbranched alkanes of at least 4 members (excludes halogenated alkanes) is 4. The van der Waals surface area contributed by atoms with Crippen molar-refractivity contribution in [1.82, 2.24) is 0 Å². The smallest absolute Gasteiger partial charge is 0.0966 e. The molecule has 0 aliphatic rings. The van der Waals surface area contributed by atoms with E-state index in [0.717, 1.165) is 4.78 Å². The molecule has 0 aromatic carbocycles. The van der Waals surface area contributed by atoms with E-state index in [1.807, 2.05) is 0 Å². The summed E-state index contributed by atoms with van der Waals surface area (Å²) in [5.74, 6) is 0. The Morgan fingerprint density at radius 2 is 1.43 bits per heavy atom. The Bertz CT molecular complexity index is 108. The lowest BCUT2D eigenvalue weighted by Gasteiger charge is -2.16. The molecule has 0 aliphatic carbocycles. The summed E-state index contributed by atoms with van der Waals surface area (Å²) in [4.78, 5) is 0. The first kappa shape index (κ1) is 14.5. The fourth-order valence-electron chi connectivity index (χ4n) is 2.40. The highest BCUT2D eigenvalue weighted by Gasteiger charge is 2.19. The predicted octanol–water partition coefficient (Wildman–Crippen LogP) is 5.27. The third-order valence-electron chi connectivity index (χ3n) is 3.62. The van der Waals surface area contributed by atoms with Crippen molar-refractivity contribution in [3.05, 3.63) is 0 Å². The Morgan fingerprint density at radius 1 is 0.857 bits per heavy atom. The number of hydrogen-bond donors (Lipinski definition) is 0. The van der Waals surface area contributed by atoms with Crippen LogP contribution in [0.3, 0.4) is 0 Å².